The molecule has 0 aliphatic rings. The molecule has 7 nitrogen and oxygen atoms in total. The molecule has 0 heterocycles. The van der Waals surface area contributed by atoms with Crippen LogP contribution in [0, 0.1) is 17.0 Å². The summed E-state index contributed by atoms with van der Waals surface area (Å²) in [6.45, 7) is 3.98. The first-order valence-electron chi connectivity index (χ1n) is 5.81. The van der Waals surface area contributed by atoms with Crippen LogP contribution >= 0.6 is 0 Å². The van der Waals surface area contributed by atoms with Crippen LogP contribution in [0.3, 0.4) is 0 Å². The van der Waals surface area contributed by atoms with Crippen LogP contribution in [0.4, 0.5) is 11.4 Å². The Morgan fingerprint density at radius 2 is 2.00 bits per heavy atom. The molecule has 106 valence electrons. The Morgan fingerprint density at radius 1 is 1.32 bits per heavy atom. The maximum absolute atomic E-state index is 11.4. The topological polar surface area (TPSA) is 101 Å². The molecule has 1 aromatic rings. The van der Waals surface area contributed by atoms with Gasteiger partial charge in [0, 0.05) is 30.9 Å². The van der Waals surface area contributed by atoms with E-state index in [4.69, 9.17) is 0 Å². The molecule has 0 radical (unpaired) electrons. The van der Waals surface area contributed by atoms with Gasteiger partial charge in [0.1, 0.15) is 0 Å². The van der Waals surface area contributed by atoms with Crippen LogP contribution in [-0.4, -0.2) is 32.2 Å². The van der Waals surface area contributed by atoms with Crippen LogP contribution in [0.25, 0.3) is 0 Å². The van der Waals surface area contributed by atoms with Gasteiger partial charge in [-0.05, 0) is 18.6 Å². The zero-order chi connectivity index (χ0) is 14.5. The van der Waals surface area contributed by atoms with Crippen molar-refractivity contribution in [3.63, 3.8) is 0 Å². The van der Waals surface area contributed by atoms with Gasteiger partial charge in [-0.3, -0.25) is 10.1 Å². The molecule has 0 amide bonds. The van der Waals surface area contributed by atoms with Crippen LogP contribution in [0.5, 0.6) is 0 Å². The number of sulfonamides is 1. The van der Waals surface area contributed by atoms with Gasteiger partial charge < -0.3 is 5.32 Å². The van der Waals surface area contributed by atoms with Crippen molar-refractivity contribution >= 4 is 21.4 Å². The summed E-state index contributed by atoms with van der Waals surface area (Å²) in [6.07, 6.45) is 0. The van der Waals surface area contributed by atoms with Gasteiger partial charge in [0.2, 0.25) is 10.0 Å². The fourth-order valence-corrected chi connectivity index (χ4v) is 2.55. The van der Waals surface area contributed by atoms with E-state index in [1.165, 1.54) is 12.1 Å². The van der Waals surface area contributed by atoms with E-state index in [1.807, 2.05) is 0 Å². The maximum atomic E-state index is 11.4. The summed E-state index contributed by atoms with van der Waals surface area (Å²) in [5.74, 6) is -0.0808. The lowest BCUT2D eigenvalue weighted by atomic mass is 10.2. The summed E-state index contributed by atoms with van der Waals surface area (Å²) in [4.78, 5) is 10.2. The molecule has 0 bridgehead atoms. The Bertz CT molecular complexity index is 557. The Labute approximate surface area is 112 Å². The predicted molar refractivity (Wildman–Crippen MR) is 73.8 cm³/mol. The first-order valence-corrected chi connectivity index (χ1v) is 7.46. The van der Waals surface area contributed by atoms with E-state index in [-0.39, 0.29) is 18.0 Å². The molecule has 0 spiro atoms. The van der Waals surface area contributed by atoms with Gasteiger partial charge in [0.15, 0.2) is 0 Å². The maximum Gasteiger partial charge on any atom is 0.271 e. The highest BCUT2D eigenvalue weighted by Gasteiger charge is 2.10. The number of anilines is 1. The van der Waals surface area contributed by atoms with E-state index in [2.05, 4.69) is 10.0 Å². The van der Waals surface area contributed by atoms with Gasteiger partial charge >= 0.3 is 0 Å². The normalized spacial score (nSPS) is 11.3. The molecule has 0 fully saturated rings. The molecular formula is C11H17N3O4S. The third kappa shape index (κ3) is 5.23. The van der Waals surface area contributed by atoms with Gasteiger partial charge in [0.05, 0.1) is 10.7 Å². The molecule has 2 N–H and O–H groups in total. The first kappa shape index (κ1) is 15.4. The number of hydrogen-bond acceptors (Lipinski definition) is 5. The third-order valence-electron chi connectivity index (χ3n) is 2.34. The third-order valence-corrected chi connectivity index (χ3v) is 3.81. The fraction of sp³-hybridized carbons (Fsp3) is 0.455. The summed E-state index contributed by atoms with van der Waals surface area (Å²) in [7, 11) is -3.28. The van der Waals surface area contributed by atoms with Crippen molar-refractivity contribution in [1.82, 2.24) is 4.72 Å². The van der Waals surface area contributed by atoms with Crippen molar-refractivity contribution in [3.8, 4) is 0 Å². The molecule has 0 saturated heterocycles. The minimum absolute atomic E-state index is 0.0166. The van der Waals surface area contributed by atoms with Crippen molar-refractivity contribution in [2.24, 2.45) is 0 Å². The molecule has 0 aliphatic heterocycles. The second kappa shape index (κ2) is 6.48. The van der Waals surface area contributed by atoms with Crippen LogP contribution < -0.4 is 10.0 Å². The van der Waals surface area contributed by atoms with Gasteiger partial charge in [-0.15, -0.1) is 0 Å². The lowest BCUT2D eigenvalue weighted by Gasteiger charge is -2.08. The number of hydrogen-bond donors (Lipinski definition) is 2. The molecular weight excluding hydrogens is 270 g/mol. The number of rotatable bonds is 7. The summed E-state index contributed by atoms with van der Waals surface area (Å²) in [5, 5.41) is 13.6. The average Bonchev–Trinajstić information content (AvgIpc) is 2.27. The van der Waals surface area contributed by atoms with Crippen LogP contribution in [-0.2, 0) is 10.0 Å². The van der Waals surface area contributed by atoms with Crippen molar-refractivity contribution in [2.75, 3.05) is 24.2 Å². The zero-order valence-electron chi connectivity index (χ0n) is 10.8. The van der Waals surface area contributed by atoms with E-state index in [0.29, 0.717) is 12.2 Å². The molecule has 19 heavy (non-hydrogen) atoms. The van der Waals surface area contributed by atoms with E-state index >= 15 is 0 Å². The highest BCUT2D eigenvalue weighted by molar-refractivity contribution is 7.89. The fourth-order valence-electron chi connectivity index (χ4n) is 1.59. The van der Waals surface area contributed by atoms with Crippen molar-refractivity contribution in [3.05, 3.63) is 33.9 Å². The Hall–Kier alpha value is -1.67. The summed E-state index contributed by atoms with van der Waals surface area (Å²) in [5.41, 5.74) is 1.27. The minimum atomic E-state index is -3.28. The summed E-state index contributed by atoms with van der Waals surface area (Å²) in [6, 6.07) is 4.57. The van der Waals surface area contributed by atoms with Crippen LogP contribution in [0.15, 0.2) is 18.2 Å². The minimum Gasteiger partial charge on any atom is -0.384 e. The SMILES string of the molecule is CCNS(=O)(=O)CCNc1cc(C)cc([N+](=O)[O-])c1. The molecule has 0 saturated carbocycles. The van der Waals surface area contributed by atoms with E-state index in [1.54, 1.807) is 19.9 Å². The van der Waals surface area contributed by atoms with Crippen molar-refractivity contribution < 1.29 is 13.3 Å². The second-order valence-electron chi connectivity index (χ2n) is 4.06. The number of nitro benzene ring substituents is 1. The number of benzene rings is 1. The van der Waals surface area contributed by atoms with Gasteiger partial charge in [0.25, 0.3) is 5.69 Å². The first-order chi connectivity index (χ1) is 8.84. The Morgan fingerprint density at radius 3 is 2.58 bits per heavy atom. The number of nitrogens with zero attached hydrogens (tertiary/aromatic N) is 1. The molecule has 1 rings (SSSR count). The highest BCUT2D eigenvalue weighted by Crippen LogP contribution is 2.20. The smallest absolute Gasteiger partial charge is 0.271 e. The monoisotopic (exact) mass is 287 g/mol. The van der Waals surface area contributed by atoms with E-state index < -0.39 is 14.9 Å². The lowest BCUT2D eigenvalue weighted by molar-refractivity contribution is -0.384. The Kier molecular flexibility index (Phi) is 5.25. The Balaban J connectivity index is 2.66. The highest BCUT2D eigenvalue weighted by atomic mass is 32.2. The molecule has 8 heteroatoms. The van der Waals surface area contributed by atoms with Crippen molar-refractivity contribution in [2.45, 2.75) is 13.8 Å². The number of aryl methyl sites for hydroxylation is 1. The number of nitro groups is 1. The van der Waals surface area contributed by atoms with Crippen molar-refractivity contribution in [1.29, 1.82) is 0 Å². The number of non-ortho nitro benzene ring substituents is 1. The largest absolute Gasteiger partial charge is 0.384 e. The van der Waals surface area contributed by atoms with E-state index in [0.717, 1.165) is 5.56 Å². The number of nitrogens with one attached hydrogen (secondary N) is 2. The summed E-state index contributed by atoms with van der Waals surface area (Å²) >= 11 is 0. The molecule has 1 aromatic carbocycles. The molecule has 0 aliphatic carbocycles. The summed E-state index contributed by atoms with van der Waals surface area (Å²) < 4.78 is 25.2. The second-order valence-corrected chi connectivity index (χ2v) is 5.98. The average molecular weight is 287 g/mol. The van der Waals surface area contributed by atoms with Gasteiger partial charge in [-0.25, -0.2) is 13.1 Å². The molecule has 0 aromatic heterocycles. The zero-order valence-corrected chi connectivity index (χ0v) is 11.7. The quantitative estimate of drug-likeness (QED) is 0.580. The molecule has 0 atom stereocenters. The predicted octanol–water partition coefficient (Wildman–Crippen LogP) is 1.25. The van der Waals surface area contributed by atoms with Gasteiger partial charge in [-0.1, -0.05) is 6.92 Å². The molecule has 0 unspecified atom stereocenters. The van der Waals surface area contributed by atoms with Crippen LogP contribution in [0.1, 0.15) is 12.5 Å². The lowest BCUT2D eigenvalue weighted by Crippen LogP contribution is -2.29. The van der Waals surface area contributed by atoms with E-state index in [9.17, 15) is 18.5 Å². The van der Waals surface area contributed by atoms with Crippen LogP contribution in [0.2, 0.25) is 0 Å². The standard InChI is InChI=1S/C11H17N3O4S/c1-3-13-19(17,18)5-4-12-10-6-9(2)7-11(8-10)14(15)16/h6-8,12-13H,3-5H2,1-2H3. The van der Waals surface area contributed by atoms with Gasteiger partial charge in [-0.2, -0.15) is 0 Å².